The predicted octanol–water partition coefficient (Wildman–Crippen LogP) is 1.05. The van der Waals surface area contributed by atoms with Gasteiger partial charge >= 0.3 is 0 Å². The van der Waals surface area contributed by atoms with E-state index in [2.05, 4.69) is 5.32 Å². The lowest BCUT2D eigenvalue weighted by molar-refractivity contribution is -0.121. The van der Waals surface area contributed by atoms with E-state index >= 15 is 0 Å². The van der Waals surface area contributed by atoms with Gasteiger partial charge in [0.1, 0.15) is 0 Å². The Labute approximate surface area is 119 Å². The Morgan fingerprint density at radius 1 is 1.15 bits per heavy atom. The SMILES string of the molecule is Cc1ccc(C(=O)CCC(=O)NCCOCCN)cc1. The number of hydrogen-bond acceptors (Lipinski definition) is 4. The van der Waals surface area contributed by atoms with Crippen LogP contribution in [0.3, 0.4) is 0 Å². The van der Waals surface area contributed by atoms with Crippen LogP contribution in [-0.4, -0.2) is 38.0 Å². The van der Waals surface area contributed by atoms with Crippen LogP contribution in [0.1, 0.15) is 28.8 Å². The van der Waals surface area contributed by atoms with Crippen LogP contribution in [0.5, 0.6) is 0 Å². The summed E-state index contributed by atoms with van der Waals surface area (Å²) in [6.45, 7) is 3.81. The van der Waals surface area contributed by atoms with Crippen molar-refractivity contribution in [1.82, 2.24) is 5.32 Å². The first kappa shape index (κ1) is 16.3. The molecule has 110 valence electrons. The minimum atomic E-state index is -0.137. The first-order valence-corrected chi connectivity index (χ1v) is 6.78. The maximum atomic E-state index is 11.9. The molecule has 0 heterocycles. The molecule has 3 N–H and O–H groups in total. The van der Waals surface area contributed by atoms with Gasteiger partial charge in [-0.05, 0) is 6.92 Å². The fourth-order valence-electron chi connectivity index (χ4n) is 1.65. The number of rotatable bonds is 9. The molecular weight excluding hydrogens is 256 g/mol. The number of benzene rings is 1. The highest BCUT2D eigenvalue weighted by atomic mass is 16.5. The lowest BCUT2D eigenvalue weighted by Crippen LogP contribution is -2.28. The van der Waals surface area contributed by atoms with Crippen LogP contribution in [0.4, 0.5) is 0 Å². The molecule has 0 atom stereocenters. The molecular formula is C15H22N2O3. The zero-order chi connectivity index (χ0) is 14.8. The van der Waals surface area contributed by atoms with E-state index < -0.39 is 0 Å². The molecule has 1 aromatic carbocycles. The third-order valence-corrected chi connectivity index (χ3v) is 2.78. The van der Waals surface area contributed by atoms with Crippen molar-refractivity contribution < 1.29 is 14.3 Å². The molecule has 1 rings (SSSR count). The molecule has 20 heavy (non-hydrogen) atoms. The summed E-state index contributed by atoms with van der Waals surface area (Å²) < 4.78 is 5.13. The fourth-order valence-corrected chi connectivity index (χ4v) is 1.65. The summed E-state index contributed by atoms with van der Waals surface area (Å²) in [7, 11) is 0. The van der Waals surface area contributed by atoms with E-state index in [1.807, 2.05) is 19.1 Å². The van der Waals surface area contributed by atoms with E-state index in [9.17, 15) is 9.59 Å². The van der Waals surface area contributed by atoms with E-state index in [-0.39, 0.29) is 24.5 Å². The summed E-state index contributed by atoms with van der Waals surface area (Å²) >= 11 is 0. The van der Waals surface area contributed by atoms with E-state index in [0.717, 1.165) is 5.56 Å². The number of carbonyl (C=O) groups is 2. The van der Waals surface area contributed by atoms with Crippen molar-refractivity contribution in [2.75, 3.05) is 26.3 Å². The van der Waals surface area contributed by atoms with Gasteiger partial charge in [-0.2, -0.15) is 0 Å². The molecule has 0 bridgehead atoms. The predicted molar refractivity (Wildman–Crippen MR) is 77.6 cm³/mol. The highest BCUT2D eigenvalue weighted by Gasteiger charge is 2.08. The van der Waals surface area contributed by atoms with Crippen LogP contribution >= 0.6 is 0 Å². The molecule has 0 saturated heterocycles. The van der Waals surface area contributed by atoms with Crippen molar-refractivity contribution in [3.05, 3.63) is 35.4 Å². The molecule has 0 aliphatic rings. The van der Waals surface area contributed by atoms with Gasteiger partial charge in [-0.25, -0.2) is 0 Å². The number of carbonyl (C=O) groups excluding carboxylic acids is 2. The molecule has 1 aromatic rings. The summed E-state index contributed by atoms with van der Waals surface area (Å²) in [6.07, 6.45) is 0.419. The quantitative estimate of drug-likeness (QED) is 0.522. The Morgan fingerprint density at radius 2 is 1.85 bits per heavy atom. The molecule has 0 fully saturated rings. The van der Waals surface area contributed by atoms with Gasteiger partial charge in [-0.3, -0.25) is 9.59 Å². The second-order valence-corrected chi connectivity index (χ2v) is 4.54. The Bertz CT molecular complexity index is 429. The maximum Gasteiger partial charge on any atom is 0.220 e. The number of amides is 1. The molecule has 5 nitrogen and oxygen atoms in total. The Balaban J connectivity index is 2.20. The molecule has 0 unspecified atom stereocenters. The second kappa shape index (κ2) is 9.23. The third-order valence-electron chi connectivity index (χ3n) is 2.78. The second-order valence-electron chi connectivity index (χ2n) is 4.54. The number of aryl methyl sites for hydroxylation is 1. The van der Waals surface area contributed by atoms with E-state index in [4.69, 9.17) is 10.5 Å². The zero-order valence-electron chi connectivity index (χ0n) is 11.9. The normalized spacial score (nSPS) is 10.3. The van der Waals surface area contributed by atoms with Gasteiger partial charge in [0, 0.05) is 31.5 Å². The number of Topliss-reactive ketones (excluding diaryl/α,β-unsaturated/α-hetero) is 1. The monoisotopic (exact) mass is 278 g/mol. The summed E-state index contributed by atoms with van der Waals surface area (Å²) in [5.74, 6) is -0.152. The summed E-state index contributed by atoms with van der Waals surface area (Å²) in [6, 6.07) is 7.36. The van der Waals surface area contributed by atoms with Gasteiger partial charge in [0.2, 0.25) is 5.91 Å². The highest BCUT2D eigenvalue weighted by Crippen LogP contribution is 2.07. The number of hydrogen-bond donors (Lipinski definition) is 2. The van der Waals surface area contributed by atoms with Crippen molar-refractivity contribution in [3.8, 4) is 0 Å². The molecule has 1 amide bonds. The number of nitrogens with one attached hydrogen (secondary N) is 1. The van der Waals surface area contributed by atoms with Gasteiger partial charge < -0.3 is 15.8 Å². The highest BCUT2D eigenvalue weighted by molar-refractivity contribution is 5.97. The summed E-state index contributed by atoms with van der Waals surface area (Å²) in [5, 5.41) is 2.70. The van der Waals surface area contributed by atoms with Crippen LogP contribution in [0.25, 0.3) is 0 Å². The molecule has 0 aromatic heterocycles. The van der Waals surface area contributed by atoms with Crippen molar-refractivity contribution in [2.45, 2.75) is 19.8 Å². The molecule has 0 saturated carbocycles. The van der Waals surface area contributed by atoms with Gasteiger partial charge in [0.05, 0.1) is 13.2 Å². The number of ketones is 1. The van der Waals surface area contributed by atoms with Gasteiger partial charge in [-0.1, -0.05) is 29.8 Å². The molecule has 0 aliphatic carbocycles. The largest absolute Gasteiger partial charge is 0.378 e. The molecule has 0 aliphatic heterocycles. The first-order valence-electron chi connectivity index (χ1n) is 6.78. The van der Waals surface area contributed by atoms with E-state index in [1.165, 1.54) is 0 Å². The average Bonchev–Trinajstić information content (AvgIpc) is 2.45. The van der Waals surface area contributed by atoms with Crippen LogP contribution in [-0.2, 0) is 9.53 Å². The molecule has 0 spiro atoms. The fraction of sp³-hybridized carbons (Fsp3) is 0.467. The third kappa shape index (κ3) is 6.45. The smallest absolute Gasteiger partial charge is 0.220 e. The molecule has 0 radical (unpaired) electrons. The van der Waals surface area contributed by atoms with Crippen LogP contribution in [0.15, 0.2) is 24.3 Å². The number of ether oxygens (including phenoxy) is 1. The van der Waals surface area contributed by atoms with Gasteiger partial charge in [0.15, 0.2) is 5.78 Å². The van der Waals surface area contributed by atoms with Crippen molar-refractivity contribution in [1.29, 1.82) is 0 Å². The van der Waals surface area contributed by atoms with Crippen molar-refractivity contribution in [2.24, 2.45) is 5.73 Å². The van der Waals surface area contributed by atoms with Gasteiger partial charge in [-0.15, -0.1) is 0 Å². The lowest BCUT2D eigenvalue weighted by Gasteiger charge is -2.05. The Hall–Kier alpha value is -1.72. The van der Waals surface area contributed by atoms with E-state index in [0.29, 0.717) is 31.9 Å². The van der Waals surface area contributed by atoms with Crippen LogP contribution in [0, 0.1) is 6.92 Å². The van der Waals surface area contributed by atoms with Crippen LogP contribution < -0.4 is 11.1 Å². The van der Waals surface area contributed by atoms with Crippen molar-refractivity contribution >= 4 is 11.7 Å². The zero-order valence-corrected chi connectivity index (χ0v) is 11.9. The standard InChI is InChI=1S/C15H22N2O3/c1-12-2-4-13(5-3-12)14(18)6-7-15(19)17-9-11-20-10-8-16/h2-5H,6-11,16H2,1H3,(H,17,19). The Morgan fingerprint density at radius 3 is 2.50 bits per heavy atom. The van der Waals surface area contributed by atoms with Crippen LogP contribution in [0.2, 0.25) is 0 Å². The average molecular weight is 278 g/mol. The minimum Gasteiger partial charge on any atom is -0.378 e. The summed E-state index contributed by atoms with van der Waals surface area (Å²) in [5.41, 5.74) is 7.02. The number of nitrogens with two attached hydrogens (primary N) is 1. The summed E-state index contributed by atoms with van der Waals surface area (Å²) in [4.78, 5) is 23.4. The van der Waals surface area contributed by atoms with E-state index in [1.54, 1.807) is 12.1 Å². The first-order chi connectivity index (χ1) is 9.63. The molecule has 5 heteroatoms. The topological polar surface area (TPSA) is 81.4 Å². The lowest BCUT2D eigenvalue weighted by atomic mass is 10.1. The van der Waals surface area contributed by atoms with Gasteiger partial charge in [0.25, 0.3) is 0 Å². The Kier molecular flexibility index (Phi) is 7.54. The maximum absolute atomic E-state index is 11.9. The minimum absolute atomic E-state index is 0.0143. The van der Waals surface area contributed by atoms with Crippen molar-refractivity contribution in [3.63, 3.8) is 0 Å².